The Labute approximate surface area is 240 Å². The monoisotopic (exact) mass is 540 g/mol. The predicted molar refractivity (Wildman–Crippen MR) is 176 cm³/mol. The predicted octanol–water partition coefficient (Wildman–Crippen LogP) is 10.8. The van der Waals surface area contributed by atoms with Gasteiger partial charge in [-0.25, -0.2) is 0 Å². The summed E-state index contributed by atoms with van der Waals surface area (Å²) in [5.74, 6) is 0. The zero-order valence-corrected chi connectivity index (χ0v) is 23.0. The van der Waals surface area contributed by atoms with Crippen LogP contribution in [0.2, 0.25) is 0 Å². The zero-order valence-electron chi connectivity index (χ0n) is 22.2. The highest BCUT2D eigenvalue weighted by Crippen LogP contribution is 2.37. The molecule has 9 aromatic rings. The topological polar surface area (TPSA) is 9.86 Å². The minimum atomic E-state index is 1.18. The van der Waals surface area contributed by atoms with Gasteiger partial charge in [-0.2, -0.15) is 0 Å². The number of fused-ring (bicyclic) bond motifs is 7. The summed E-state index contributed by atoms with van der Waals surface area (Å²) in [4.78, 5) is 0. The van der Waals surface area contributed by atoms with E-state index in [1.807, 2.05) is 11.3 Å². The first-order chi connectivity index (χ1) is 20.3. The smallest absolute Gasteiger partial charge is 0.0541 e. The maximum Gasteiger partial charge on any atom is 0.0541 e. The molecule has 0 aliphatic rings. The molecule has 0 unspecified atom stereocenters. The first-order valence-corrected chi connectivity index (χ1v) is 14.8. The Morgan fingerprint density at radius 3 is 2.02 bits per heavy atom. The van der Waals surface area contributed by atoms with Gasteiger partial charge in [0.1, 0.15) is 0 Å². The molecular weight excluding hydrogens is 516 g/mol. The molecule has 0 aliphatic heterocycles. The summed E-state index contributed by atoms with van der Waals surface area (Å²) in [6.45, 7) is 0. The lowest BCUT2D eigenvalue weighted by Crippen LogP contribution is -1.93. The van der Waals surface area contributed by atoms with Gasteiger partial charge in [-0.3, -0.25) is 0 Å². The minimum absolute atomic E-state index is 1.18. The number of para-hydroxylation sites is 2. The largest absolute Gasteiger partial charge is 0.317 e. The van der Waals surface area contributed by atoms with E-state index in [0.717, 1.165) is 0 Å². The molecule has 0 bridgehead atoms. The first-order valence-electron chi connectivity index (χ1n) is 13.9. The summed E-state index contributed by atoms with van der Waals surface area (Å²) in [5.41, 5.74) is 8.51. The molecule has 0 saturated heterocycles. The first kappa shape index (κ1) is 22.7. The van der Waals surface area contributed by atoms with E-state index in [4.69, 9.17) is 0 Å². The van der Waals surface area contributed by atoms with Gasteiger partial charge in [0.25, 0.3) is 0 Å². The number of nitrogens with zero attached hydrogens (tertiary/aromatic N) is 2. The normalized spacial score (nSPS) is 11.9. The van der Waals surface area contributed by atoms with Gasteiger partial charge >= 0.3 is 0 Å². The maximum absolute atomic E-state index is 2.37. The average Bonchev–Trinajstić information content (AvgIpc) is 3.72. The highest BCUT2D eigenvalue weighted by atomic mass is 32.1. The van der Waals surface area contributed by atoms with Gasteiger partial charge in [-0.1, -0.05) is 66.7 Å². The minimum Gasteiger partial charge on any atom is -0.317 e. The Morgan fingerprint density at radius 1 is 0.415 bits per heavy atom. The molecule has 0 amide bonds. The molecule has 6 aromatic carbocycles. The fourth-order valence-electron chi connectivity index (χ4n) is 6.42. The second-order valence-electron chi connectivity index (χ2n) is 10.7. The molecule has 9 rings (SSSR count). The fraction of sp³-hybridized carbons (Fsp3) is 0. The Hall–Kier alpha value is -5.12. The van der Waals surface area contributed by atoms with Crippen LogP contribution in [0.5, 0.6) is 0 Å². The number of hydrogen-bond donors (Lipinski definition) is 0. The molecule has 0 spiro atoms. The van der Waals surface area contributed by atoms with Crippen LogP contribution in [0.3, 0.4) is 0 Å². The van der Waals surface area contributed by atoms with E-state index in [1.54, 1.807) is 0 Å². The van der Waals surface area contributed by atoms with E-state index in [0.29, 0.717) is 0 Å². The Morgan fingerprint density at radius 2 is 1.12 bits per heavy atom. The molecular formula is C38H24N2S. The van der Waals surface area contributed by atoms with E-state index in [1.165, 1.54) is 75.4 Å². The van der Waals surface area contributed by atoms with Crippen molar-refractivity contribution in [2.75, 3.05) is 0 Å². The summed E-state index contributed by atoms with van der Waals surface area (Å²) in [6.07, 6.45) is 2.20. The van der Waals surface area contributed by atoms with Crippen molar-refractivity contribution in [3.05, 3.63) is 146 Å². The molecule has 0 saturated carbocycles. The Kier molecular flexibility index (Phi) is 4.80. The van der Waals surface area contributed by atoms with Crippen LogP contribution in [0.15, 0.2) is 146 Å². The molecule has 2 nitrogen and oxygen atoms in total. The lowest BCUT2D eigenvalue weighted by atomic mass is 10.0. The number of hydrogen-bond acceptors (Lipinski definition) is 1. The molecule has 0 N–H and O–H groups in total. The molecule has 0 atom stereocenters. The van der Waals surface area contributed by atoms with Crippen LogP contribution in [-0.4, -0.2) is 9.13 Å². The van der Waals surface area contributed by atoms with Gasteiger partial charge in [0.15, 0.2) is 0 Å². The second-order valence-corrected chi connectivity index (χ2v) is 11.7. The molecule has 0 radical (unpaired) electrons. The van der Waals surface area contributed by atoms with Crippen LogP contribution in [0.4, 0.5) is 0 Å². The molecule has 192 valence electrons. The van der Waals surface area contributed by atoms with Gasteiger partial charge in [0.05, 0.1) is 16.6 Å². The highest BCUT2D eigenvalue weighted by Gasteiger charge is 2.14. The fourth-order valence-corrected chi connectivity index (χ4v) is 7.51. The van der Waals surface area contributed by atoms with Gasteiger partial charge in [0.2, 0.25) is 0 Å². The quantitative estimate of drug-likeness (QED) is 0.211. The summed E-state index contributed by atoms with van der Waals surface area (Å²) in [5, 5.41) is 6.44. The Bertz CT molecular complexity index is 2420. The van der Waals surface area contributed by atoms with Gasteiger partial charge < -0.3 is 9.13 Å². The molecule has 3 aromatic heterocycles. The van der Waals surface area contributed by atoms with Gasteiger partial charge in [-0.15, -0.1) is 11.3 Å². The van der Waals surface area contributed by atoms with Gasteiger partial charge in [-0.05, 0) is 83.9 Å². The summed E-state index contributed by atoms with van der Waals surface area (Å²) in [6, 6.07) is 50.8. The summed E-state index contributed by atoms with van der Waals surface area (Å²) in [7, 11) is 0. The third-order valence-corrected chi connectivity index (χ3v) is 9.50. The summed E-state index contributed by atoms with van der Waals surface area (Å²) < 4.78 is 7.34. The van der Waals surface area contributed by atoms with Crippen molar-refractivity contribution in [1.82, 2.24) is 9.13 Å². The van der Waals surface area contributed by atoms with Crippen LogP contribution in [-0.2, 0) is 0 Å². The average molecular weight is 541 g/mol. The lowest BCUT2D eigenvalue weighted by molar-refractivity contribution is 1.13. The van der Waals surface area contributed by atoms with Crippen molar-refractivity contribution in [3.8, 4) is 22.5 Å². The highest BCUT2D eigenvalue weighted by molar-refractivity contribution is 7.25. The molecule has 41 heavy (non-hydrogen) atoms. The molecule has 3 heteroatoms. The standard InChI is InChI=1S/C38H24N2S/c1-2-8-28(9-3-1)40-35-12-6-4-10-30(35)32-23-26(15-18-36(32)40)25-14-17-34-27(22-25)20-21-39(34)29-16-19-38-33(24-29)31-11-5-7-13-37(31)41-38/h1-24H. The van der Waals surface area contributed by atoms with E-state index < -0.39 is 0 Å². The summed E-state index contributed by atoms with van der Waals surface area (Å²) >= 11 is 1.86. The van der Waals surface area contributed by atoms with Crippen molar-refractivity contribution >= 4 is 64.2 Å². The van der Waals surface area contributed by atoms with Crippen molar-refractivity contribution < 1.29 is 0 Å². The van der Waals surface area contributed by atoms with E-state index in [-0.39, 0.29) is 0 Å². The SMILES string of the molecule is c1ccc(-n2c3ccccc3c3cc(-c4ccc5c(ccn5-c5ccc6sc7ccccc7c6c5)c4)ccc32)cc1. The van der Waals surface area contributed by atoms with Crippen molar-refractivity contribution in [3.63, 3.8) is 0 Å². The van der Waals surface area contributed by atoms with Crippen LogP contribution < -0.4 is 0 Å². The third-order valence-electron chi connectivity index (χ3n) is 8.35. The van der Waals surface area contributed by atoms with Crippen LogP contribution in [0.25, 0.3) is 75.4 Å². The van der Waals surface area contributed by atoms with Crippen molar-refractivity contribution in [2.24, 2.45) is 0 Å². The molecule has 0 aliphatic carbocycles. The number of thiophene rings is 1. The zero-order chi connectivity index (χ0) is 26.9. The Balaban J connectivity index is 1.16. The number of aromatic nitrogens is 2. The lowest BCUT2D eigenvalue weighted by Gasteiger charge is -2.09. The molecule has 0 fully saturated rings. The van der Waals surface area contributed by atoms with Crippen molar-refractivity contribution in [2.45, 2.75) is 0 Å². The third kappa shape index (κ3) is 3.43. The van der Waals surface area contributed by atoms with Crippen molar-refractivity contribution in [1.29, 1.82) is 0 Å². The number of benzene rings is 6. The van der Waals surface area contributed by atoms with Gasteiger partial charge in [0, 0.05) is 53.9 Å². The van der Waals surface area contributed by atoms with Crippen LogP contribution in [0.1, 0.15) is 0 Å². The second kappa shape index (κ2) is 8.69. The van der Waals surface area contributed by atoms with Crippen LogP contribution in [0, 0.1) is 0 Å². The van der Waals surface area contributed by atoms with E-state index in [2.05, 4.69) is 155 Å². The van der Waals surface area contributed by atoms with E-state index >= 15 is 0 Å². The van der Waals surface area contributed by atoms with Crippen LogP contribution >= 0.6 is 11.3 Å². The molecule has 3 heterocycles. The maximum atomic E-state index is 2.37. The number of rotatable bonds is 3. The van der Waals surface area contributed by atoms with E-state index in [9.17, 15) is 0 Å².